The predicted molar refractivity (Wildman–Crippen MR) is 69.0 cm³/mol. The lowest BCUT2D eigenvalue weighted by Crippen LogP contribution is -2.38. The van der Waals surface area contributed by atoms with Gasteiger partial charge in [0.2, 0.25) is 5.96 Å². The van der Waals surface area contributed by atoms with Gasteiger partial charge in [-0.05, 0) is 25.5 Å². The Kier molecular flexibility index (Phi) is 3.42. The topological polar surface area (TPSA) is 44.7 Å². The molecule has 1 unspecified atom stereocenters. The molecule has 1 aliphatic rings. The van der Waals surface area contributed by atoms with E-state index in [2.05, 4.69) is 17.2 Å². The summed E-state index contributed by atoms with van der Waals surface area (Å²) in [5.74, 6) is 0.737. The molecule has 4 heteroatoms. The van der Waals surface area contributed by atoms with Gasteiger partial charge in [-0.1, -0.05) is 25.1 Å². The fourth-order valence-electron chi connectivity index (χ4n) is 1.83. The van der Waals surface area contributed by atoms with Gasteiger partial charge in [0.1, 0.15) is 6.04 Å². The van der Waals surface area contributed by atoms with Crippen LogP contribution in [0.2, 0.25) is 0 Å². The number of guanidine groups is 1. The highest BCUT2D eigenvalue weighted by Gasteiger charge is 2.30. The van der Waals surface area contributed by atoms with E-state index in [1.807, 2.05) is 37.3 Å². The van der Waals surface area contributed by atoms with Crippen LogP contribution >= 0.6 is 0 Å². The third-order valence-electron chi connectivity index (χ3n) is 2.67. The highest BCUT2D eigenvalue weighted by molar-refractivity contribution is 6.10. The first-order valence-electron chi connectivity index (χ1n) is 5.93. The Balaban J connectivity index is 2.14. The zero-order valence-corrected chi connectivity index (χ0v) is 10.2. The van der Waals surface area contributed by atoms with E-state index in [4.69, 9.17) is 0 Å². The van der Waals surface area contributed by atoms with Crippen LogP contribution in [0.5, 0.6) is 0 Å². The largest absolute Gasteiger partial charge is 0.326 e. The number of nitrogens with zero attached hydrogens (tertiary/aromatic N) is 2. The number of benzene rings is 1. The maximum Gasteiger partial charge on any atom is 0.253 e. The first-order valence-corrected chi connectivity index (χ1v) is 5.93. The standard InChI is InChI=1S/C13H17N3O/c1-3-9-16-12(17)10(2)14-13(16)15-11-7-5-4-6-8-11/h4-8,10H,3,9H2,1-2H3,(H,14,15). The minimum Gasteiger partial charge on any atom is -0.326 e. The maximum absolute atomic E-state index is 11.9. The average Bonchev–Trinajstić information content (AvgIpc) is 2.59. The molecule has 2 rings (SSSR count). The number of aliphatic imine (C=N–C) groups is 1. The highest BCUT2D eigenvalue weighted by atomic mass is 16.2. The average molecular weight is 231 g/mol. The molecule has 0 radical (unpaired) electrons. The molecular formula is C13H17N3O. The smallest absolute Gasteiger partial charge is 0.253 e. The number of carbonyl (C=O) groups is 1. The SMILES string of the molecule is CCCN1C(=O)C(C)N=C1Nc1ccccc1. The van der Waals surface area contributed by atoms with Crippen LogP contribution in [0.4, 0.5) is 5.69 Å². The quantitative estimate of drug-likeness (QED) is 0.865. The van der Waals surface area contributed by atoms with Crippen LogP contribution in [-0.4, -0.2) is 29.4 Å². The lowest BCUT2D eigenvalue weighted by atomic mass is 10.3. The normalized spacial score (nSPS) is 19.4. The fraction of sp³-hybridized carbons (Fsp3) is 0.385. The summed E-state index contributed by atoms with van der Waals surface area (Å²) in [4.78, 5) is 17.9. The van der Waals surface area contributed by atoms with Crippen LogP contribution in [0, 0.1) is 0 Å². The lowest BCUT2D eigenvalue weighted by molar-refractivity contribution is -0.127. The highest BCUT2D eigenvalue weighted by Crippen LogP contribution is 2.14. The third kappa shape index (κ3) is 2.46. The molecule has 1 heterocycles. The van der Waals surface area contributed by atoms with E-state index in [-0.39, 0.29) is 11.9 Å². The van der Waals surface area contributed by atoms with Gasteiger partial charge in [0, 0.05) is 12.2 Å². The van der Waals surface area contributed by atoms with Gasteiger partial charge >= 0.3 is 0 Å². The van der Waals surface area contributed by atoms with Gasteiger partial charge in [0.25, 0.3) is 5.91 Å². The van der Waals surface area contributed by atoms with Crippen molar-refractivity contribution in [1.82, 2.24) is 4.90 Å². The van der Waals surface area contributed by atoms with E-state index in [1.165, 1.54) is 0 Å². The zero-order chi connectivity index (χ0) is 12.3. The van der Waals surface area contributed by atoms with E-state index in [0.29, 0.717) is 12.5 Å². The Morgan fingerprint density at radius 2 is 2.06 bits per heavy atom. The van der Waals surface area contributed by atoms with E-state index < -0.39 is 0 Å². The Morgan fingerprint density at radius 1 is 1.35 bits per heavy atom. The van der Waals surface area contributed by atoms with Crippen LogP contribution < -0.4 is 5.32 Å². The number of amides is 1. The summed E-state index contributed by atoms with van der Waals surface area (Å²) in [6, 6.07) is 9.51. The number of carbonyl (C=O) groups excluding carboxylic acids is 1. The molecule has 0 fully saturated rings. The lowest BCUT2D eigenvalue weighted by Gasteiger charge is -2.18. The predicted octanol–water partition coefficient (Wildman–Crippen LogP) is 2.10. The minimum atomic E-state index is -0.271. The zero-order valence-electron chi connectivity index (χ0n) is 10.2. The van der Waals surface area contributed by atoms with Gasteiger partial charge in [0.05, 0.1) is 0 Å². The van der Waals surface area contributed by atoms with Crippen molar-refractivity contribution in [3.63, 3.8) is 0 Å². The molecule has 1 aliphatic heterocycles. The number of para-hydroxylation sites is 1. The Labute approximate surface area is 101 Å². The van der Waals surface area contributed by atoms with Gasteiger partial charge in [-0.3, -0.25) is 9.69 Å². The van der Waals surface area contributed by atoms with Crippen LogP contribution in [0.3, 0.4) is 0 Å². The van der Waals surface area contributed by atoms with Crippen LogP contribution in [0.1, 0.15) is 20.3 Å². The molecule has 0 aromatic heterocycles. The van der Waals surface area contributed by atoms with E-state index >= 15 is 0 Å². The summed E-state index contributed by atoms with van der Waals surface area (Å²) in [5.41, 5.74) is 0.953. The Morgan fingerprint density at radius 3 is 2.71 bits per heavy atom. The minimum absolute atomic E-state index is 0.0743. The molecule has 1 aromatic rings. The van der Waals surface area contributed by atoms with E-state index in [9.17, 15) is 4.79 Å². The molecule has 0 aliphatic carbocycles. The summed E-state index contributed by atoms with van der Waals surface area (Å²) in [7, 11) is 0. The molecule has 0 saturated heterocycles. The molecule has 4 nitrogen and oxygen atoms in total. The van der Waals surface area contributed by atoms with Crippen molar-refractivity contribution in [2.75, 3.05) is 11.9 Å². The second kappa shape index (κ2) is 4.99. The van der Waals surface area contributed by atoms with Crippen molar-refractivity contribution >= 4 is 17.6 Å². The van der Waals surface area contributed by atoms with Crippen molar-refractivity contribution in [3.8, 4) is 0 Å². The summed E-state index contributed by atoms with van der Waals surface area (Å²) in [5, 5.41) is 3.19. The molecule has 0 spiro atoms. The van der Waals surface area contributed by atoms with Gasteiger partial charge in [-0.2, -0.15) is 0 Å². The first kappa shape index (κ1) is 11.6. The number of hydrogen-bond acceptors (Lipinski definition) is 3. The molecule has 17 heavy (non-hydrogen) atoms. The number of nitrogens with one attached hydrogen (secondary N) is 1. The van der Waals surface area contributed by atoms with Crippen molar-refractivity contribution in [2.24, 2.45) is 4.99 Å². The second-order valence-corrected chi connectivity index (χ2v) is 4.11. The number of hydrogen-bond donors (Lipinski definition) is 1. The van der Waals surface area contributed by atoms with Gasteiger partial charge in [0.15, 0.2) is 0 Å². The van der Waals surface area contributed by atoms with Crippen molar-refractivity contribution in [3.05, 3.63) is 30.3 Å². The molecule has 1 N–H and O–H groups in total. The Bertz CT molecular complexity index is 428. The molecule has 1 aromatic carbocycles. The molecule has 0 bridgehead atoms. The molecule has 1 amide bonds. The third-order valence-corrected chi connectivity index (χ3v) is 2.67. The first-order chi connectivity index (χ1) is 8.22. The van der Waals surface area contributed by atoms with Crippen molar-refractivity contribution < 1.29 is 4.79 Å². The summed E-state index contributed by atoms with van der Waals surface area (Å²) in [6.45, 7) is 4.59. The summed E-state index contributed by atoms with van der Waals surface area (Å²) in [6.07, 6.45) is 0.925. The monoisotopic (exact) mass is 231 g/mol. The van der Waals surface area contributed by atoms with Gasteiger partial charge < -0.3 is 5.32 Å². The second-order valence-electron chi connectivity index (χ2n) is 4.11. The molecule has 0 saturated carbocycles. The molecule has 1 atom stereocenters. The number of rotatable bonds is 3. The Hall–Kier alpha value is -1.84. The maximum atomic E-state index is 11.9. The van der Waals surface area contributed by atoms with Gasteiger partial charge in [-0.25, -0.2) is 4.99 Å². The van der Waals surface area contributed by atoms with E-state index in [1.54, 1.807) is 4.90 Å². The van der Waals surface area contributed by atoms with Crippen molar-refractivity contribution in [1.29, 1.82) is 0 Å². The van der Waals surface area contributed by atoms with Crippen LogP contribution in [-0.2, 0) is 4.79 Å². The van der Waals surface area contributed by atoms with E-state index in [0.717, 1.165) is 12.1 Å². The fourth-order valence-corrected chi connectivity index (χ4v) is 1.83. The van der Waals surface area contributed by atoms with Gasteiger partial charge in [-0.15, -0.1) is 0 Å². The van der Waals surface area contributed by atoms with Crippen LogP contribution in [0.15, 0.2) is 35.3 Å². The molecule has 90 valence electrons. The summed E-state index contributed by atoms with van der Waals surface area (Å²) >= 11 is 0. The molecular weight excluding hydrogens is 214 g/mol. The van der Waals surface area contributed by atoms with Crippen molar-refractivity contribution in [2.45, 2.75) is 26.3 Å². The summed E-state index contributed by atoms with van der Waals surface area (Å²) < 4.78 is 0. The number of anilines is 1. The van der Waals surface area contributed by atoms with Crippen LogP contribution in [0.25, 0.3) is 0 Å².